The molecule has 0 bridgehead atoms. The van der Waals surface area contributed by atoms with Crippen LogP contribution in [-0.4, -0.2) is 23.7 Å². The van der Waals surface area contributed by atoms with Crippen molar-refractivity contribution in [2.45, 2.75) is 19.6 Å². The summed E-state index contributed by atoms with van der Waals surface area (Å²) in [6, 6.07) is 12.0. The lowest BCUT2D eigenvalue weighted by molar-refractivity contribution is -0.111. The second kappa shape index (κ2) is 6.08. The van der Waals surface area contributed by atoms with Crippen molar-refractivity contribution < 1.29 is 9.18 Å². The molecule has 2 aromatic rings. The van der Waals surface area contributed by atoms with Crippen molar-refractivity contribution in [2.24, 2.45) is 5.10 Å². The predicted octanol–water partition coefficient (Wildman–Crippen LogP) is 2.51. The standard InChI is InChI=1S/C17H17FN4O/c1-12-8-13(6-7-15(12)19)9-21-11-20-22(17(21)10-23)16-5-3-2-4-14(16)18/h2-8,10-11,17H,9,19H2,1H3. The fraction of sp³-hybridized carbons (Fsp3) is 0.176. The van der Waals surface area contributed by atoms with E-state index < -0.39 is 12.0 Å². The van der Waals surface area contributed by atoms with E-state index in [4.69, 9.17) is 5.73 Å². The van der Waals surface area contributed by atoms with Gasteiger partial charge in [-0.3, -0.25) is 4.79 Å². The summed E-state index contributed by atoms with van der Waals surface area (Å²) in [5.41, 5.74) is 8.80. The molecule has 0 radical (unpaired) electrons. The van der Waals surface area contributed by atoms with E-state index in [1.807, 2.05) is 25.1 Å². The second-order valence-corrected chi connectivity index (χ2v) is 5.44. The van der Waals surface area contributed by atoms with Crippen LogP contribution in [0.3, 0.4) is 0 Å². The van der Waals surface area contributed by atoms with Crippen LogP contribution in [0.5, 0.6) is 0 Å². The maximum Gasteiger partial charge on any atom is 0.181 e. The molecule has 1 heterocycles. The van der Waals surface area contributed by atoms with E-state index in [0.29, 0.717) is 6.54 Å². The van der Waals surface area contributed by atoms with Crippen molar-refractivity contribution in [1.29, 1.82) is 0 Å². The Morgan fingerprint density at radius 2 is 2.09 bits per heavy atom. The second-order valence-electron chi connectivity index (χ2n) is 5.44. The first-order chi connectivity index (χ1) is 11.1. The number of para-hydroxylation sites is 1. The van der Waals surface area contributed by atoms with Gasteiger partial charge in [-0.05, 0) is 36.2 Å². The maximum atomic E-state index is 13.9. The number of anilines is 2. The minimum atomic E-state index is -0.676. The van der Waals surface area contributed by atoms with Crippen molar-refractivity contribution in [3.63, 3.8) is 0 Å². The summed E-state index contributed by atoms with van der Waals surface area (Å²) in [4.78, 5) is 13.3. The molecule has 0 amide bonds. The lowest BCUT2D eigenvalue weighted by Crippen LogP contribution is -2.41. The van der Waals surface area contributed by atoms with Crippen LogP contribution in [0.1, 0.15) is 11.1 Å². The zero-order valence-electron chi connectivity index (χ0n) is 12.7. The van der Waals surface area contributed by atoms with Gasteiger partial charge in [-0.15, -0.1) is 0 Å². The quantitative estimate of drug-likeness (QED) is 0.696. The Bertz CT molecular complexity index is 762. The topological polar surface area (TPSA) is 61.9 Å². The molecule has 0 aromatic heterocycles. The maximum absolute atomic E-state index is 13.9. The average Bonchev–Trinajstić information content (AvgIpc) is 2.94. The smallest absolute Gasteiger partial charge is 0.181 e. The predicted molar refractivity (Wildman–Crippen MR) is 88.4 cm³/mol. The third-order valence-electron chi connectivity index (χ3n) is 3.84. The fourth-order valence-electron chi connectivity index (χ4n) is 2.56. The van der Waals surface area contributed by atoms with E-state index in [-0.39, 0.29) is 5.69 Å². The molecule has 1 aliphatic rings. The summed E-state index contributed by atoms with van der Waals surface area (Å²) >= 11 is 0. The van der Waals surface area contributed by atoms with Crippen LogP contribution in [-0.2, 0) is 11.3 Å². The lowest BCUT2D eigenvalue weighted by atomic mass is 10.1. The number of halogens is 1. The third kappa shape index (κ3) is 2.88. The largest absolute Gasteiger partial charge is 0.399 e. The number of nitrogen functional groups attached to an aromatic ring is 1. The molecule has 0 spiro atoms. The van der Waals surface area contributed by atoms with Crippen molar-refractivity contribution in [1.82, 2.24) is 4.90 Å². The molecule has 2 aromatic carbocycles. The number of hydrazone groups is 1. The van der Waals surface area contributed by atoms with Gasteiger partial charge in [0.15, 0.2) is 12.5 Å². The van der Waals surface area contributed by atoms with Gasteiger partial charge >= 0.3 is 0 Å². The normalized spacial score (nSPS) is 16.9. The number of carbonyl (C=O) groups excluding carboxylic acids is 1. The monoisotopic (exact) mass is 312 g/mol. The van der Waals surface area contributed by atoms with Gasteiger partial charge in [0.05, 0.1) is 5.69 Å². The Morgan fingerprint density at radius 3 is 2.78 bits per heavy atom. The highest BCUT2D eigenvalue weighted by molar-refractivity contribution is 5.76. The number of aryl methyl sites for hydroxylation is 1. The lowest BCUT2D eigenvalue weighted by Gasteiger charge is -2.26. The Morgan fingerprint density at radius 1 is 1.30 bits per heavy atom. The van der Waals surface area contributed by atoms with E-state index in [9.17, 15) is 9.18 Å². The molecular formula is C17H17FN4O. The van der Waals surface area contributed by atoms with Gasteiger partial charge in [0, 0.05) is 12.2 Å². The van der Waals surface area contributed by atoms with Crippen molar-refractivity contribution >= 4 is 24.0 Å². The Kier molecular flexibility index (Phi) is 3.97. The summed E-state index contributed by atoms with van der Waals surface area (Å²) in [5.74, 6) is -0.415. The summed E-state index contributed by atoms with van der Waals surface area (Å²) in [5, 5.41) is 5.56. The van der Waals surface area contributed by atoms with Gasteiger partial charge in [-0.25, -0.2) is 9.40 Å². The van der Waals surface area contributed by atoms with E-state index >= 15 is 0 Å². The molecule has 0 saturated heterocycles. The number of hydrogen-bond acceptors (Lipinski definition) is 5. The summed E-state index contributed by atoms with van der Waals surface area (Å²) in [6.45, 7) is 2.42. The molecule has 1 unspecified atom stereocenters. The molecule has 2 N–H and O–H groups in total. The first-order valence-corrected chi connectivity index (χ1v) is 7.24. The molecule has 0 fully saturated rings. The van der Waals surface area contributed by atoms with Crippen molar-refractivity contribution in [2.75, 3.05) is 10.7 Å². The van der Waals surface area contributed by atoms with Crippen molar-refractivity contribution in [3.8, 4) is 0 Å². The van der Waals surface area contributed by atoms with E-state index in [1.54, 1.807) is 29.4 Å². The number of benzene rings is 2. The summed E-state index contributed by atoms with van der Waals surface area (Å²) in [7, 11) is 0. The molecule has 1 aliphatic heterocycles. The Labute approximate surface area is 133 Å². The van der Waals surface area contributed by atoms with Gasteiger partial charge in [0.2, 0.25) is 0 Å². The first-order valence-electron chi connectivity index (χ1n) is 7.24. The minimum Gasteiger partial charge on any atom is -0.399 e. The molecule has 1 atom stereocenters. The molecule has 118 valence electrons. The fourth-order valence-corrected chi connectivity index (χ4v) is 2.56. The molecule has 6 heteroatoms. The van der Waals surface area contributed by atoms with E-state index in [2.05, 4.69) is 5.10 Å². The minimum absolute atomic E-state index is 0.275. The van der Waals surface area contributed by atoms with E-state index in [1.165, 1.54) is 11.1 Å². The number of nitrogens with zero attached hydrogens (tertiary/aromatic N) is 3. The van der Waals surface area contributed by atoms with Crippen LogP contribution in [0, 0.1) is 12.7 Å². The summed E-state index contributed by atoms with van der Waals surface area (Å²) in [6.07, 6.45) is 1.63. The van der Waals surface area contributed by atoms with Gasteiger partial charge in [0.1, 0.15) is 12.2 Å². The molecule has 23 heavy (non-hydrogen) atoms. The van der Waals surface area contributed by atoms with E-state index in [0.717, 1.165) is 23.1 Å². The molecule has 3 rings (SSSR count). The van der Waals surface area contributed by atoms with Crippen LogP contribution >= 0.6 is 0 Å². The highest BCUT2D eigenvalue weighted by atomic mass is 19.1. The van der Waals surface area contributed by atoms with Crippen LogP contribution in [0.25, 0.3) is 0 Å². The number of aldehydes is 1. The van der Waals surface area contributed by atoms with Gasteiger partial charge in [0.25, 0.3) is 0 Å². The SMILES string of the molecule is Cc1cc(CN2C=NN(c3ccccc3F)C2C=O)ccc1N. The Balaban J connectivity index is 1.82. The van der Waals surface area contributed by atoms with Gasteiger partial charge in [-0.1, -0.05) is 24.3 Å². The third-order valence-corrected chi connectivity index (χ3v) is 3.84. The van der Waals surface area contributed by atoms with Gasteiger partial charge < -0.3 is 10.6 Å². The van der Waals surface area contributed by atoms with Crippen molar-refractivity contribution in [3.05, 3.63) is 59.4 Å². The summed E-state index contributed by atoms with van der Waals surface area (Å²) < 4.78 is 13.9. The molecular weight excluding hydrogens is 295 g/mol. The van der Waals surface area contributed by atoms with Crippen LogP contribution in [0.4, 0.5) is 15.8 Å². The van der Waals surface area contributed by atoms with Gasteiger partial charge in [-0.2, -0.15) is 5.10 Å². The van der Waals surface area contributed by atoms with Crippen LogP contribution in [0.15, 0.2) is 47.6 Å². The molecule has 0 aliphatic carbocycles. The zero-order chi connectivity index (χ0) is 16.4. The first kappa shape index (κ1) is 15.0. The number of rotatable bonds is 4. The molecule has 0 saturated carbocycles. The molecule has 5 nitrogen and oxygen atoms in total. The number of nitrogens with two attached hydrogens (primary N) is 1. The van der Waals surface area contributed by atoms with Crippen LogP contribution < -0.4 is 10.7 Å². The number of carbonyl (C=O) groups is 1. The Hall–Kier alpha value is -2.89. The number of hydrogen-bond donors (Lipinski definition) is 1. The highest BCUT2D eigenvalue weighted by Crippen LogP contribution is 2.26. The highest BCUT2D eigenvalue weighted by Gasteiger charge is 2.30. The van der Waals surface area contributed by atoms with Crippen LogP contribution in [0.2, 0.25) is 0 Å². The average molecular weight is 312 g/mol. The zero-order valence-corrected chi connectivity index (χ0v) is 12.7.